The molecule has 2 aromatic heterocycles. The molecular formula is C8H6N2O5S2. The molecule has 17 heavy (non-hydrogen) atoms. The van der Waals surface area contributed by atoms with Crippen molar-refractivity contribution >= 4 is 37.4 Å². The Labute approximate surface area is 99.3 Å². The number of carbonyl (C=O) groups is 1. The summed E-state index contributed by atoms with van der Waals surface area (Å²) in [6, 6.07) is 0. The van der Waals surface area contributed by atoms with Gasteiger partial charge in [-0.15, -0.1) is 11.3 Å². The van der Waals surface area contributed by atoms with Gasteiger partial charge in [-0.1, -0.05) is 0 Å². The molecular weight excluding hydrogens is 268 g/mol. The van der Waals surface area contributed by atoms with E-state index < -0.39 is 26.7 Å². The largest absolute Gasteiger partial charge is 0.505 e. The van der Waals surface area contributed by atoms with Crippen LogP contribution in [0.15, 0.2) is 11.4 Å². The average Bonchev–Trinajstić information content (AvgIpc) is 2.54. The highest BCUT2D eigenvalue weighted by atomic mass is 32.2. The number of nitrogens with zero attached hydrogens (tertiary/aromatic N) is 2. The third-order valence-corrected chi connectivity index (χ3v) is 3.86. The molecule has 9 heteroatoms. The predicted octanol–water partition coefficient (Wildman–Crippen LogP) is 0.499. The van der Waals surface area contributed by atoms with Crippen LogP contribution in [-0.4, -0.2) is 40.8 Å². The summed E-state index contributed by atoms with van der Waals surface area (Å²) >= 11 is 0.697. The quantitative estimate of drug-likeness (QED) is 0.765. The first kappa shape index (κ1) is 11.7. The lowest BCUT2D eigenvalue weighted by Crippen LogP contribution is -2.02. The second-order valence-electron chi connectivity index (χ2n) is 3.23. The third kappa shape index (κ3) is 1.94. The number of hydrogen-bond donors (Lipinski definition) is 2. The second kappa shape index (κ2) is 3.64. The van der Waals surface area contributed by atoms with Crippen LogP contribution in [0.4, 0.5) is 0 Å². The number of aromatic nitrogens is 2. The van der Waals surface area contributed by atoms with Gasteiger partial charge in [0.2, 0.25) is 15.0 Å². The van der Waals surface area contributed by atoms with E-state index in [-0.39, 0.29) is 15.1 Å². The first-order valence-corrected chi connectivity index (χ1v) is 6.93. The van der Waals surface area contributed by atoms with Gasteiger partial charge in [-0.25, -0.2) is 23.2 Å². The van der Waals surface area contributed by atoms with E-state index in [2.05, 4.69) is 9.97 Å². The van der Waals surface area contributed by atoms with Crippen molar-refractivity contribution < 1.29 is 23.4 Å². The van der Waals surface area contributed by atoms with Crippen molar-refractivity contribution in [2.45, 2.75) is 5.16 Å². The number of rotatable bonds is 2. The van der Waals surface area contributed by atoms with E-state index in [9.17, 15) is 18.3 Å². The standard InChI is InChI=1S/C8H6N2O5S2/c1-17(14,15)8-9-2-3-4(11)5(7(12)13)16-6(3)10-8/h2,11H,1H3,(H,12,13). The summed E-state index contributed by atoms with van der Waals surface area (Å²) in [7, 11) is -3.56. The van der Waals surface area contributed by atoms with Gasteiger partial charge >= 0.3 is 5.97 Å². The van der Waals surface area contributed by atoms with Crippen LogP contribution >= 0.6 is 11.3 Å². The summed E-state index contributed by atoms with van der Waals surface area (Å²) in [5.41, 5.74) is 0. The number of thiophene rings is 1. The number of sulfone groups is 1. The van der Waals surface area contributed by atoms with Crippen molar-refractivity contribution in [1.29, 1.82) is 0 Å². The molecule has 0 aliphatic rings. The number of aromatic carboxylic acids is 1. The van der Waals surface area contributed by atoms with Crippen LogP contribution in [0.5, 0.6) is 5.75 Å². The molecule has 0 spiro atoms. The van der Waals surface area contributed by atoms with E-state index in [1.54, 1.807) is 0 Å². The fraction of sp³-hybridized carbons (Fsp3) is 0.125. The van der Waals surface area contributed by atoms with E-state index >= 15 is 0 Å². The monoisotopic (exact) mass is 274 g/mol. The Hall–Kier alpha value is -1.74. The summed E-state index contributed by atoms with van der Waals surface area (Å²) in [4.78, 5) is 17.9. The molecule has 0 amide bonds. The molecule has 0 bridgehead atoms. The van der Waals surface area contributed by atoms with Gasteiger partial charge in [-0.2, -0.15) is 0 Å². The van der Waals surface area contributed by atoms with Crippen LogP contribution in [0.3, 0.4) is 0 Å². The maximum absolute atomic E-state index is 11.2. The highest BCUT2D eigenvalue weighted by Crippen LogP contribution is 2.35. The Kier molecular flexibility index (Phi) is 2.51. The predicted molar refractivity (Wildman–Crippen MR) is 59.1 cm³/mol. The van der Waals surface area contributed by atoms with Crippen LogP contribution in [-0.2, 0) is 9.84 Å². The van der Waals surface area contributed by atoms with Gasteiger partial charge in [0.1, 0.15) is 4.83 Å². The van der Waals surface area contributed by atoms with Crippen LogP contribution in [0.25, 0.3) is 10.2 Å². The topological polar surface area (TPSA) is 117 Å². The fourth-order valence-electron chi connectivity index (χ4n) is 1.18. The minimum absolute atomic E-state index is 0.121. The Morgan fingerprint density at radius 2 is 2.12 bits per heavy atom. The number of carboxylic acids is 1. The zero-order valence-corrected chi connectivity index (χ0v) is 10.0. The van der Waals surface area contributed by atoms with Crippen LogP contribution in [0.2, 0.25) is 0 Å². The molecule has 0 aromatic carbocycles. The van der Waals surface area contributed by atoms with E-state index in [0.717, 1.165) is 12.5 Å². The molecule has 90 valence electrons. The fourth-order valence-corrected chi connectivity index (χ4v) is 2.62. The van der Waals surface area contributed by atoms with Crippen molar-refractivity contribution in [3.05, 3.63) is 11.1 Å². The highest BCUT2D eigenvalue weighted by molar-refractivity contribution is 7.90. The van der Waals surface area contributed by atoms with Crippen LogP contribution in [0.1, 0.15) is 9.67 Å². The van der Waals surface area contributed by atoms with Crippen molar-refractivity contribution in [3.8, 4) is 5.75 Å². The molecule has 0 saturated heterocycles. The van der Waals surface area contributed by atoms with Gasteiger partial charge in [0, 0.05) is 12.5 Å². The smallest absolute Gasteiger partial charge is 0.349 e. The van der Waals surface area contributed by atoms with E-state index in [1.807, 2.05) is 0 Å². The summed E-state index contributed by atoms with van der Waals surface area (Å²) in [5.74, 6) is -1.75. The molecule has 2 heterocycles. The van der Waals surface area contributed by atoms with E-state index in [1.165, 1.54) is 0 Å². The summed E-state index contributed by atoms with van der Waals surface area (Å²) < 4.78 is 22.4. The molecule has 2 rings (SSSR count). The molecule has 7 nitrogen and oxygen atoms in total. The van der Waals surface area contributed by atoms with Crippen LogP contribution < -0.4 is 0 Å². The minimum Gasteiger partial charge on any atom is -0.505 e. The minimum atomic E-state index is -3.56. The third-order valence-electron chi connectivity index (χ3n) is 1.93. The van der Waals surface area contributed by atoms with Crippen LogP contribution in [0, 0.1) is 0 Å². The zero-order chi connectivity index (χ0) is 12.8. The highest BCUT2D eigenvalue weighted by Gasteiger charge is 2.20. The van der Waals surface area contributed by atoms with Gasteiger partial charge < -0.3 is 10.2 Å². The zero-order valence-electron chi connectivity index (χ0n) is 8.41. The Morgan fingerprint density at radius 1 is 1.47 bits per heavy atom. The molecule has 0 atom stereocenters. The molecule has 0 radical (unpaired) electrons. The van der Waals surface area contributed by atoms with Crippen molar-refractivity contribution in [2.75, 3.05) is 6.26 Å². The molecule has 2 N–H and O–H groups in total. The lowest BCUT2D eigenvalue weighted by atomic mass is 10.3. The molecule has 2 aromatic rings. The first-order valence-electron chi connectivity index (χ1n) is 4.22. The molecule has 0 saturated carbocycles. The lowest BCUT2D eigenvalue weighted by Gasteiger charge is -1.95. The van der Waals surface area contributed by atoms with E-state index in [4.69, 9.17) is 5.11 Å². The van der Waals surface area contributed by atoms with Gasteiger partial charge in [0.15, 0.2) is 10.6 Å². The SMILES string of the molecule is CS(=O)(=O)c1ncc2c(O)c(C(=O)O)sc2n1. The maximum Gasteiger partial charge on any atom is 0.349 e. The number of carboxylic acid groups (broad SMARTS) is 1. The van der Waals surface area contributed by atoms with E-state index in [0.29, 0.717) is 11.3 Å². The first-order chi connectivity index (χ1) is 7.80. The molecule has 0 aliphatic heterocycles. The second-order valence-corrected chi connectivity index (χ2v) is 6.14. The van der Waals surface area contributed by atoms with Crippen molar-refractivity contribution in [2.24, 2.45) is 0 Å². The summed E-state index contributed by atoms with van der Waals surface area (Å²) in [6.45, 7) is 0. The van der Waals surface area contributed by atoms with Gasteiger partial charge in [0.25, 0.3) is 0 Å². The van der Waals surface area contributed by atoms with Gasteiger partial charge in [0.05, 0.1) is 5.39 Å². The summed E-state index contributed by atoms with van der Waals surface area (Å²) in [5, 5.41) is 18.1. The van der Waals surface area contributed by atoms with Crippen molar-refractivity contribution in [3.63, 3.8) is 0 Å². The molecule has 0 fully saturated rings. The maximum atomic E-state index is 11.2. The Morgan fingerprint density at radius 3 is 2.65 bits per heavy atom. The number of aromatic hydroxyl groups is 1. The Balaban J connectivity index is 2.77. The Bertz CT molecular complexity index is 719. The number of fused-ring (bicyclic) bond motifs is 1. The van der Waals surface area contributed by atoms with Gasteiger partial charge in [-0.3, -0.25) is 0 Å². The van der Waals surface area contributed by atoms with Gasteiger partial charge in [-0.05, 0) is 0 Å². The van der Waals surface area contributed by atoms with Crippen molar-refractivity contribution in [1.82, 2.24) is 9.97 Å². The average molecular weight is 274 g/mol. The normalized spacial score (nSPS) is 11.8. The molecule has 0 aliphatic carbocycles. The molecule has 0 unspecified atom stereocenters. The number of hydrogen-bond acceptors (Lipinski definition) is 7. The summed E-state index contributed by atoms with van der Waals surface area (Å²) in [6.07, 6.45) is 2.04. The lowest BCUT2D eigenvalue weighted by molar-refractivity contribution is 0.0699.